The third-order valence-corrected chi connectivity index (χ3v) is 6.44. The summed E-state index contributed by atoms with van der Waals surface area (Å²) >= 11 is 1.05. The molecule has 1 aliphatic rings. The summed E-state index contributed by atoms with van der Waals surface area (Å²) in [6.45, 7) is 4.84. The van der Waals surface area contributed by atoms with Gasteiger partial charge in [0.15, 0.2) is 0 Å². The fourth-order valence-electron chi connectivity index (χ4n) is 3.54. The predicted octanol–water partition coefficient (Wildman–Crippen LogP) is 5.28. The Labute approximate surface area is 194 Å². The molecule has 1 saturated heterocycles. The highest BCUT2D eigenvalue weighted by atomic mass is 32.2. The molecule has 1 aliphatic heterocycles. The van der Waals surface area contributed by atoms with Gasteiger partial charge in [-0.3, -0.25) is 14.9 Å². The van der Waals surface area contributed by atoms with Crippen LogP contribution in [0.2, 0.25) is 0 Å². The maximum atomic E-state index is 14.2. The number of ether oxygens (including phenoxy) is 1. The summed E-state index contributed by atoms with van der Waals surface area (Å²) in [7, 11) is 0. The van der Waals surface area contributed by atoms with E-state index < -0.39 is 16.6 Å². The fraction of sp³-hybridized carbons (Fsp3) is 0.208. The van der Waals surface area contributed by atoms with Crippen LogP contribution in [0, 0.1) is 22.9 Å². The van der Waals surface area contributed by atoms with Crippen molar-refractivity contribution in [1.29, 1.82) is 0 Å². The third kappa shape index (κ3) is 5.32. The summed E-state index contributed by atoms with van der Waals surface area (Å²) < 4.78 is 19.6. The molecular formula is C24H22FN3O4S. The Balaban J connectivity index is 1.61. The average Bonchev–Trinajstić information content (AvgIpc) is 2.82. The fourth-order valence-corrected chi connectivity index (χ4v) is 4.49. The highest BCUT2D eigenvalue weighted by molar-refractivity contribution is 7.99. The highest BCUT2D eigenvalue weighted by Gasteiger charge is 2.20. The van der Waals surface area contributed by atoms with Crippen molar-refractivity contribution in [2.24, 2.45) is 0 Å². The number of anilines is 2. The maximum absolute atomic E-state index is 14.2. The van der Waals surface area contributed by atoms with E-state index in [9.17, 15) is 19.3 Å². The van der Waals surface area contributed by atoms with Gasteiger partial charge in [-0.15, -0.1) is 0 Å². The number of nitro groups is 1. The SMILES string of the molecule is Cc1cc(N2CCOCC2)ccc1NC(=O)c1cc([N+](=O)[O-])ccc1Sc1ccccc1F. The van der Waals surface area contributed by atoms with E-state index in [2.05, 4.69) is 10.2 Å². The number of hydrogen-bond acceptors (Lipinski definition) is 6. The third-order valence-electron chi connectivity index (χ3n) is 5.31. The number of morpholine rings is 1. The first-order chi connectivity index (χ1) is 15.9. The molecule has 9 heteroatoms. The minimum Gasteiger partial charge on any atom is -0.378 e. The first kappa shape index (κ1) is 22.8. The van der Waals surface area contributed by atoms with Crippen molar-refractivity contribution in [1.82, 2.24) is 0 Å². The minimum atomic E-state index is -0.559. The summed E-state index contributed by atoms with van der Waals surface area (Å²) in [5.74, 6) is -0.929. The number of non-ortho nitro benzene ring substituents is 1. The number of halogens is 1. The summed E-state index contributed by atoms with van der Waals surface area (Å²) in [5.41, 5.74) is 2.40. The lowest BCUT2D eigenvalue weighted by Crippen LogP contribution is -2.36. The number of carbonyl (C=O) groups excluding carboxylic acids is 1. The number of hydrogen-bond donors (Lipinski definition) is 1. The first-order valence-electron chi connectivity index (χ1n) is 10.4. The van der Waals surface area contributed by atoms with E-state index in [0.29, 0.717) is 28.7 Å². The van der Waals surface area contributed by atoms with Crippen LogP contribution >= 0.6 is 11.8 Å². The van der Waals surface area contributed by atoms with Gasteiger partial charge in [0, 0.05) is 46.4 Å². The van der Waals surface area contributed by atoms with Crippen molar-refractivity contribution in [2.45, 2.75) is 16.7 Å². The van der Waals surface area contributed by atoms with E-state index in [0.717, 1.165) is 36.1 Å². The van der Waals surface area contributed by atoms with E-state index in [1.165, 1.54) is 24.3 Å². The lowest BCUT2D eigenvalue weighted by atomic mass is 10.1. The van der Waals surface area contributed by atoms with E-state index >= 15 is 0 Å². The van der Waals surface area contributed by atoms with Crippen LogP contribution in [-0.4, -0.2) is 37.1 Å². The second-order valence-electron chi connectivity index (χ2n) is 7.52. The van der Waals surface area contributed by atoms with Gasteiger partial charge in [0.05, 0.1) is 23.7 Å². The van der Waals surface area contributed by atoms with Gasteiger partial charge in [-0.1, -0.05) is 23.9 Å². The van der Waals surface area contributed by atoms with Gasteiger partial charge in [-0.25, -0.2) is 4.39 Å². The van der Waals surface area contributed by atoms with Gasteiger partial charge >= 0.3 is 0 Å². The molecule has 170 valence electrons. The monoisotopic (exact) mass is 467 g/mol. The largest absolute Gasteiger partial charge is 0.378 e. The summed E-state index contributed by atoms with van der Waals surface area (Å²) in [4.78, 5) is 26.9. The molecule has 0 unspecified atom stereocenters. The summed E-state index contributed by atoms with van der Waals surface area (Å²) in [6.07, 6.45) is 0. The Morgan fingerprint density at radius 2 is 1.85 bits per heavy atom. The van der Waals surface area contributed by atoms with E-state index in [4.69, 9.17) is 4.74 Å². The second kappa shape index (κ2) is 10.0. The molecule has 33 heavy (non-hydrogen) atoms. The Kier molecular flexibility index (Phi) is 6.90. The quantitative estimate of drug-likeness (QED) is 0.392. The van der Waals surface area contributed by atoms with Gasteiger partial charge in [-0.05, 0) is 48.9 Å². The van der Waals surface area contributed by atoms with Gasteiger partial charge in [0.1, 0.15) is 5.82 Å². The van der Waals surface area contributed by atoms with E-state index in [1.807, 2.05) is 25.1 Å². The molecule has 0 radical (unpaired) electrons. The van der Waals surface area contributed by atoms with Crippen LogP contribution in [0.3, 0.4) is 0 Å². The van der Waals surface area contributed by atoms with Crippen molar-refractivity contribution in [3.05, 3.63) is 87.7 Å². The molecule has 0 atom stereocenters. The Bertz CT molecular complexity index is 1200. The van der Waals surface area contributed by atoms with E-state index in [1.54, 1.807) is 18.2 Å². The lowest BCUT2D eigenvalue weighted by molar-refractivity contribution is -0.384. The van der Waals surface area contributed by atoms with Gasteiger partial charge in [-0.2, -0.15) is 0 Å². The smallest absolute Gasteiger partial charge is 0.270 e. The molecule has 0 spiro atoms. The Morgan fingerprint density at radius 1 is 1.09 bits per heavy atom. The molecule has 1 fully saturated rings. The summed E-state index contributed by atoms with van der Waals surface area (Å²) in [5, 5.41) is 14.1. The zero-order valence-electron chi connectivity index (χ0n) is 17.9. The zero-order chi connectivity index (χ0) is 23.4. The molecule has 4 rings (SSSR count). The number of nitrogens with one attached hydrogen (secondary N) is 1. The van der Waals surface area contributed by atoms with Crippen LogP contribution in [0.1, 0.15) is 15.9 Å². The zero-order valence-corrected chi connectivity index (χ0v) is 18.7. The van der Waals surface area contributed by atoms with Crippen LogP contribution in [0.25, 0.3) is 0 Å². The minimum absolute atomic E-state index is 0.106. The van der Waals surface area contributed by atoms with Crippen LogP contribution in [-0.2, 0) is 4.74 Å². The highest BCUT2D eigenvalue weighted by Crippen LogP contribution is 2.34. The number of nitrogens with zero attached hydrogens (tertiary/aromatic N) is 2. The standard InChI is InChI=1S/C24H22FN3O4S/c1-16-14-17(27-10-12-32-13-11-27)6-8-21(16)26-24(29)19-15-18(28(30)31)7-9-22(19)33-23-5-3-2-4-20(23)25/h2-9,14-15H,10-13H2,1H3,(H,26,29). The molecule has 3 aromatic carbocycles. The molecule has 1 N–H and O–H groups in total. The molecule has 3 aromatic rings. The average molecular weight is 468 g/mol. The van der Waals surface area contributed by atoms with Crippen molar-refractivity contribution < 1.29 is 18.8 Å². The molecule has 0 aliphatic carbocycles. The van der Waals surface area contributed by atoms with Crippen LogP contribution in [0.4, 0.5) is 21.5 Å². The second-order valence-corrected chi connectivity index (χ2v) is 8.61. The van der Waals surface area contributed by atoms with Gasteiger partial charge in [0.2, 0.25) is 0 Å². The number of rotatable bonds is 6. The first-order valence-corrected chi connectivity index (χ1v) is 11.2. The molecule has 7 nitrogen and oxygen atoms in total. The normalized spacial score (nSPS) is 13.6. The predicted molar refractivity (Wildman–Crippen MR) is 126 cm³/mol. The van der Waals surface area contributed by atoms with E-state index in [-0.39, 0.29) is 11.3 Å². The number of nitro benzene ring substituents is 1. The van der Waals surface area contributed by atoms with Gasteiger partial charge < -0.3 is 15.0 Å². The van der Waals surface area contributed by atoms with Crippen molar-refractivity contribution >= 4 is 34.7 Å². The molecule has 0 bridgehead atoms. The van der Waals surface area contributed by atoms with Crippen molar-refractivity contribution in [3.63, 3.8) is 0 Å². The number of aryl methyl sites for hydroxylation is 1. The molecule has 1 heterocycles. The van der Waals surface area contributed by atoms with Crippen molar-refractivity contribution in [2.75, 3.05) is 36.5 Å². The molecule has 0 aromatic heterocycles. The number of benzene rings is 3. The topological polar surface area (TPSA) is 84.7 Å². The number of amides is 1. The van der Waals surface area contributed by atoms with Crippen molar-refractivity contribution in [3.8, 4) is 0 Å². The Hall–Kier alpha value is -3.43. The Morgan fingerprint density at radius 3 is 2.55 bits per heavy atom. The van der Waals surface area contributed by atoms with Crippen LogP contribution in [0.15, 0.2) is 70.5 Å². The summed E-state index contributed by atoms with van der Waals surface area (Å²) in [6, 6.07) is 15.9. The lowest BCUT2D eigenvalue weighted by Gasteiger charge is -2.29. The molecule has 1 amide bonds. The van der Waals surface area contributed by atoms with Crippen LogP contribution < -0.4 is 10.2 Å². The van der Waals surface area contributed by atoms with Gasteiger partial charge in [0.25, 0.3) is 11.6 Å². The number of carbonyl (C=O) groups is 1. The molecular weight excluding hydrogens is 445 g/mol. The maximum Gasteiger partial charge on any atom is 0.270 e. The molecule has 0 saturated carbocycles. The van der Waals surface area contributed by atoms with Crippen LogP contribution in [0.5, 0.6) is 0 Å².